The molecule has 0 spiro atoms. The number of hydrogen-bond acceptors (Lipinski definition) is 16. The van der Waals surface area contributed by atoms with Crippen molar-refractivity contribution < 1.29 is 26.6 Å². The fourth-order valence-corrected chi connectivity index (χ4v) is 29.9. The highest BCUT2D eigenvalue weighted by Crippen LogP contribution is 2.55. The second kappa shape index (κ2) is 27.2. The molecule has 0 bridgehead atoms. The van der Waals surface area contributed by atoms with Crippen molar-refractivity contribution in [2.75, 3.05) is 11.5 Å². The molecule has 0 aliphatic carbocycles. The Morgan fingerprint density at radius 2 is 0.733 bits per heavy atom. The highest BCUT2D eigenvalue weighted by molar-refractivity contribution is 9.41. The van der Waals surface area contributed by atoms with Crippen molar-refractivity contribution in [3.63, 3.8) is 0 Å². The Bertz CT molecular complexity index is 1550. The summed E-state index contributed by atoms with van der Waals surface area (Å²) in [5, 5.41) is 2.06. The van der Waals surface area contributed by atoms with Crippen molar-refractivity contribution in [2.24, 2.45) is 0 Å². The fourth-order valence-electron chi connectivity index (χ4n) is 5.82. The van der Waals surface area contributed by atoms with Crippen LogP contribution >= 0.6 is 83.6 Å². The molecule has 8 nitrogen and oxygen atoms in total. The third-order valence-electron chi connectivity index (χ3n) is 10.4. The van der Waals surface area contributed by atoms with Crippen LogP contribution in [0.25, 0.3) is 20.4 Å². The van der Waals surface area contributed by atoms with Gasteiger partial charge in [0.2, 0.25) is 0 Å². The maximum atomic E-state index is 7.04. The zero-order valence-electron chi connectivity index (χ0n) is 37.5. The van der Waals surface area contributed by atoms with E-state index in [1.807, 2.05) is 21.6 Å². The minimum Gasteiger partial charge on any atom is -0.370 e. The molecule has 4 rings (SSSR count). The van der Waals surface area contributed by atoms with Crippen molar-refractivity contribution in [2.45, 2.75) is 169 Å². The Kier molecular flexibility index (Phi) is 24.1. The molecule has 0 aliphatic rings. The van der Waals surface area contributed by atoms with Crippen LogP contribution in [-0.2, 0) is 26.6 Å². The first-order chi connectivity index (χ1) is 28.9. The molecular weight excluding hydrogens is 941 g/mol. The smallest absolute Gasteiger partial charge is 0.370 e. The van der Waals surface area contributed by atoms with Crippen LogP contribution in [0.1, 0.15) is 143 Å². The summed E-state index contributed by atoms with van der Waals surface area (Å²) >= 11 is 3.48. The molecule has 0 fully saturated rings. The van der Waals surface area contributed by atoms with Crippen LogP contribution in [0.4, 0.5) is 0 Å². The first-order valence-corrected chi connectivity index (χ1v) is 34.6. The van der Waals surface area contributed by atoms with Crippen LogP contribution in [-0.4, -0.2) is 75.7 Å². The average Bonchev–Trinajstić information content (AvgIpc) is 3.88. The van der Waals surface area contributed by atoms with Gasteiger partial charge in [-0.15, -0.1) is 22.7 Å². The zero-order chi connectivity index (χ0) is 43.7. The van der Waals surface area contributed by atoms with Crippen LogP contribution in [0, 0.1) is 0 Å². The quantitative estimate of drug-likeness (QED) is 0.0273. The van der Waals surface area contributed by atoms with Gasteiger partial charge >= 0.3 is 17.6 Å². The number of hydrogen-bond donors (Lipinski definition) is 0. The van der Waals surface area contributed by atoms with E-state index in [0.717, 1.165) is 71.1 Å². The van der Waals surface area contributed by atoms with Gasteiger partial charge in [-0.1, -0.05) is 87.4 Å². The molecule has 2 aromatic carbocycles. The lowest BCUT2D eigenvalue weighted by molar-refractivity contribution is -0.0174. The van der Waals surface area contributed by atoms with Crippen molar-refractivity contribution in [3.8, 4) is 0 Å². The fraction of sp³-hybridized carbons (Fsp3) is 0.667. The lowest BCUT2D eigenvalue weighted by atomic mass is 10.3. The van der Waals surface area contributed by atoms with Crippen molar-refractivity contribution in [1.29, 1.82) is 0 Å². The number of thiazole rings is 2. The van der Waals surface area contributed by atoms with E-state index < -0.39 is 17.6 Å². The standard InChI is InChI=1S/C42H68N2O6S8Si2/c1-13-29(7)45-59(46-30(8)14-2,47-31(9)15-3)39(41-43-35-23-19-21-25-37(35)53-41)27-51-55-57-58-56-52-28-40(42-44-36-24-20-22-26-38(36)54-42)60(48-32(10)16-4,49-33(11)17-5)50-34(12)18-6/h19-26,29-34,39-40H,13-18,27-28H2,1-12H3. The number of benzene rings is 2. The summed E-state index contributed by atoms with van der Waals surface area (Å²) < 4.78 is 44.6. The van der Waals surface area contributed by atoms with Crippen LogP contribution < -0.4 is 0 Å². The molecule has 0 aliphatic heterocycles. The maximum absolute atomic E-state index is 7.04. The molecule has 4 aromatic rings. The summed E-state index contributed by atoms with van der Waals surface area (Å²) in [5.41, 5.74) is 1.77. The molecule has 8 unspecified atom stereocenters. The summed E-state index contributed by atoms with van der Waals surface area (Å²) in [6.45, 7) is 25.8. The van der Waals surface area contributed by atoms with E-state index in [4.69, 9.17) is 36.5 Å². The zero-order valence-corrected chi connectivity index (χ0v) is 46.0. The van der Waals surface area contributed by atoms with Crippen LogP contribution in [0.5, 0.6) is 0 Å². The number of fused-ring (bicyclic) bond motifs is 2. The SMILES string of the molecule is CCC(C)O[Si](OC(C)CC)(OC(C)CC)C(CSSSSSSCC(c1nc2ccccc2s1)[Si](OC(C)CC)(OC(C)CC)OC(C)CC)c1nc2ccccc2s1. The van der Waals surface area contributed by atoms with Gasteiger partial charge in [0, 0.05) is 48.1 Å². The highest BCUT2D eigenvalue weighted by Gasteiger charge is 2.56. The normalized spacial score (nSPS) is 18.4. The lowest BCUT2D eigenvalue weighted by Crippen LogP contribution is -2.57. The van der Waals surface area contributed by atoms with Gasteiger partial charge in [-0.2, -0.15) is 0 Å². The summed E-state index contributed by atoms with van der Waals surface area (Å²) in [7, 11) is 4.14. The summed E-state index contributed by atoms with van der Waals surface area (Å²) in [5.74, 6) is 1.51. The van der Waals surface area contributed by atoms with E-state index >= 15 is 0 Å². The van der Waals surface area contributed by atoms with Gasteiger partial charge in [0.15, 0.2) is 0 Å². The van der Waals surface area contributed by atoms with E-state index in [-0.39, 0.29) is 47.7 Å². The predicted octanol–water partition coefficient (Wildman–Crippen LogP) is 15.6. The average molecular weight is 1010 g/mol. The van der Waals surface area contributed by atoms with E-state index in [9.17, 15) is 0 Å². The summed E-state index contributed by atoms with van der Waals surface area (Å²) in [6.07, 6.45) is 5.20. The number of aromatic nitrogens is 2. The molecule has 0 radical (unpaired) electrons. The molecule has 0 amide bonds. The largest absolute Gasteiger partial charge is 0.512 e. The Labute approximate surface area is 394 Å². The van der Waals surface area contributed by atoms with Gasteiger partial charge in [-0.3, -0.25) is 0 Å². The number of nitrogens with zero attached hydrogens (tertiary/aromatic N) is 2. The predicted molar refractivity (Wildman–Crippen MR) is 277 cm³/mol. The molecular formula is C42H68N2O6S8Si2. The monoisotopic (exact) mass is 1010 g/mol. The maximum Gasteiger partial charge on any atom is 0.512 e. The molecule has 0 N–H and O–H groups in total. The third-order valence-corrected chi connectivity index (χ3v) is 31.6. The molecule has 338 valence electrons. The first kappa shape index (κ1) is 53.1. The highest BCUT2D eigenvalue weighted by atomic mass is 33.9. The molecule has 18 heteroatoms. The van der Waals surface area contributed by atoms with Crippen molar-refractivity contribution in [3.05, 3.63) is 58.5 Å². The van der Waals surface area contributed by atoms with E-state index in [0.29, 0.717) is 0 Å². The third kappa shape index (κ3) is 15.6. The summed E-state index contributed by atoms with van der Waals surface area (Å²) in [4.78, 5) is 10.4. The van der Waals surface area contributed by atoms with Crippen LogP contribution in [0.3, 0.4) is 0 Å². The van der Waals surface area contributed by atoms with Crippen molar-refractivity contribution in [1.82, 2.24) is 9.97 Å². The lowest BCUT2D eigenvalue weighted by Gasteiger charge is -2.40. The van der Waals surface area contributed by atoms with Crippen molar-refractivity contribution >= 4 is 122 Å². The van der Waals surface area contributed by atoms with Gasteiger partial charge in [-0.25, -0.2) is 9.97 Å². The molecule has 8 atom stereocenters. The van der Waals surface area contributed by atoms with Gasteiger partial charge in [0.05, 0.1) is 31.5 Å². The topological polar surface area (TPSA) is 81.2 Å². The molecule has 2 aromatic heterocycles. The van der Waals surface area contributed by atoms with Crippen LogP contribution in [0.2, 0.25) is 0 Å². The second-order valence-corrected chi connectivity index (χ2v) is 32.2. The molecule has 0 saturated heterocycles. The van der Waals surface area contributed by atoms with Gasteiger partial charge in [-0.05, 0) is 144 Å². The molecule has 0 saturated carbocycles. The van der Waals surface area contributed by atoms with Gasteiger partial charge in [0.1, 0.15) is 10.0 Å². The Balaban J connectivity index is 1.54. The molecule has 60 heavy (non-hydrogen) atoms. The minimum atomic E-state index is -3.33. The van der Waals surface area contributed by atoms with E-state index in [1.54, 1.807) is 62.0 Å². The number of rotatable bonds is 31. The van der Waals surface area contributed by atoms with E-state index in [2.05, 4.69) is 132 Å². The first-order valence-electron chi connectivity index (χ1n) is 21.5. The number of para-hydroxylation sites is 2. The van der Waals surface area contributed by atoms with Gasteiger partial charge in [0.25, 0.3) is 0 Å². The summed E-state index contributed by atoms with van der Waals surface area (Å²) in [6, 6.07) is 16.8. The molecule has 2 heterocycles. The van der Waals surface area contributed by atoms with Crippen LogP contribution in [0.15, 0.2) is 48.5 Å². The van der Waals surface area contributed by atoms with E-state index in [1.165, 1.54) is 9.40 Å². The Morgan fingerprint density at radius 3 is 1.00 bits per heavy atom. The Morgan fingerprint density at radius 1 is 0.450 bits per heavy atom. The second-order valence-electron chi connectivity index (χ2n) is 15.2. The Hall–Kier alpha value is 0.514. The minimum absolute atomic E-state index is 0.00666. The van der Waals surface area contributed by atoms with Gasteiger partial charge < -0.3 is 26.6 Å².